The van der Waals surface area contributed by atoms with Crippen LogP contribution in [0.1, 0.15) is 4.88 Å². The van der Waals surface area contributed by atoms with Crippen LogP contribution in [0, 0.1) is 0 Å². The van der Waals surface area contributed by atoms with Gasteiger partial charge in [-0.15, -0.1) is 22.7 Å². The normalized spacial score (nSPS) is 17.0. The highest BCUT2D eigenvalue weighted by molar-refractivity contribution is 7.91. The molecule has 0 N–H and O–H groups in total. The summed E-state index contributed by atoms with van der Waals surface area (Å²) in [6, 6.07) is 7.22. The first kappa shape index (κ1) is 16.4. The Morgan fingerprint density at radius 2 is 1.74 bits per heavy atom. The van der Waals surface area contributed by atoms with Crippen molar-refractivity contribution in [3.63, 3.8) is 0 Å². The lowest BCUT2D eigenvalue weighted by Gasteiger charge is -2.33. The van der Waals surface area contributed by atoms with Crippen LogP contribution in [0.4, 0.5) is 0 Å². The Labute approximate surface area is 143 Å². The van der Waals surface area contributed by atoms with Crippen molar-refractivity contribution in [1.29, 1.82) is 0 Å². The van der Waals surface area contributed by atoms with Gasteiger partial charge in [0.15, 0.2) is 0 Å². The average molecular weight is 369 g/mol. The van der Waals surface area contributed by atoms with E-state index in [0.29, 0.717) is 30.4 Å². The van der Waals surface area contributed by atoms with Crippen molar-refractivity contribution in [2.75, 3.05) is 26.2 Å². The predicted molar refractivity (Wildman–Crippen MR) is 93.0 cm³/mol. The van der Waals surface area contributed by atoms with Crippen LogP contribution in [0.5, 0.6) is 0 Å². The molecule has 1 aliphatic rings. The van der Waals surface area contributed by atoms with Crippen molar-refractivity contribution in [3.8, 4) is 0 Å². The lowest BCUT2D eigenvalue weighted by molar-refractivity contribution is -0.127. The number of nitrogens with zero attached hydrogens (tertiary/aromatic N) is 2. The topological polar surface area (TPSA) is 57.7 Å². The van der Waals surface area contributed by atoms with Crippen LogP contribution in [0.25, 0.3) is 6.08 Å². The summed E-state index contributed by atoms with van der Waals surface area (Å²) in [4.78, 5) is 14.9. The number of hydrogen-bond donors (Lipinski definition) is 0. The molecule has 122 valence electrons. The number of hydrogen-bond acceptors (Lipinski definition) is 5. The highest BCUT2D eigenvalue weighted by Gasteiger charge is 2.30. The third kappa shape index (κ3) is 3.72. The first-order valence-electron chi connectivity index (χ1n) is 7.11. The minimum atomic E-state index is -3.42. The van der Waals surface area contributed by atoms with Gasteiger partial charge >= 0.3 is 0 Å². The second kappa shape index (κ2) is 6.96. The molecule has 0 saturated carbocycles. The Morgan fingerprint density at radius 1 is 1.04 bits per heavy atom. The van der Waals surface area contributed by atoms with Crippen molar-refractivity contribution in [3.05, 3.63) is 46.0 Å². The minimum absolute atomic E-state index is 0.0772. The summed E-state index contributed by atoms with van der Waals surface area (Å²) in [5, 5.41) is 3.71. The van der Waals surface area contributed by atoms with E-state index in [1.54, 1.807) is 45.9 Å². The number of rotatable bonds is 4. The predicted octanol–water partition coefficient (Wildman–Crippen LogP) is 2.36. The van der Waals surface area contributed by atoms with E-state index in [9.17, 15) is 13.2 Å². The van der Waals surface area contributed by atoms with Crippen LogP contribution in [0.2, 0.25) is 0 Å². The number of carbonyl (C=O) groups excluding carboxylic acids is 1. The molecular weight excluding hydrogens is 352 g/mol. The molecule has 0 aliphatic carbocycles. The van der Waals surface area contributed by atoms with Crippen molar-refractivity contribution in [2.45, 2.75) is 4.21 Å². The summed E-state index contributed by atoms with van der Waals surface area (Å²) >= 11 is 2.79. The van der Waals surface area contributed by atoms with Gasteiger partial charge in [-0.1, -0.05) is 12.1 Å². The third-order valence-corrected chi connectivity index (χ3v) is 7.68. The van der Waals surface area contributed by atoms with Crippen molar-refractivity contribution in [1.82, 2.24) is 9.21 Å². The highest BCUT2D eigenvalue weighted by Crippen LogP contribution is 2.22. The van der Waals surface area contributed by atoms with Crippen molar-refractivity contribution >= 4 is 44.7 Å². The van der Waals surface area contributed by atoms with Crippen LogP contribution in [0.15, 0.2) is 45.3 Å². The smallest absolute Gasteiger partial charge is 0.252 e. The van der Waals surface area contributed by atoms with E-state index < -0.39 is 10.0 Å². The molecule has 0 spiro atoms. The average Bonchev–Trinajstić information content (AvgIpc) is 3.26. The van der Waals surface area contributed by atoms with Gasteiger partial charge in [0, 0.05) is 37.1 Å². The Morgan fingerprint density at radius 3 is 2.35 bits per heavy atom. The first-order valence-corrected chi connectivity index (χ1v) is 10.3. The summed E-state index contributed by atoms with van der Waals surface area (Å²) in [6.45, 7) is 1.49. The number of sulfonamides is 1. The van der Waals surface area contributed by atoms with Gasteiger partial charge in [-0.2, -0.15) is 4.31 Å². The molecule has 0 bridgehead atoms. The largest absolute Gasteiger partial charge is 0.337 e. The van der Waals surface area contributed by atoms with E-state index in [-0.39, 0.29) is 5.91 Å². The van der Waals surface area contributed by atoms with Crippen LogP contribution < -0.4 is 0 Å². The van der Waals surface area contributed by atoms with E-state index in [1.807, 2.05) is 17.5 Å². The fourth-order valence-corrected chi connectivity index (χ4v) is 5.52. The zero-order chi connectivity index (χ0) is 16.3. The van der Waals surface area contributed by atoms with Crippen LogP contribution in [0.3, 0.4) is 0 Å². The molecule has 23 heavy (non-hydrogen) atoms. The Balaban J connectivity index is 1.59. The van der Waals surface area contributed by atoms with E-state index in [0.717, 1.165) is 4.88 Å². The quantitative estimate of drug-likeness (QED) is 0.779. The lowest BCUT2D eigenvalue weighted by Crippen LogP contribution is -2.50. The van der Waals surface area contributed by atoms with Gasteiger partial charge in [0.05, 0.1) is 0 Å². The molecule has 3 rings (SSSR count). The molecule has 1 saturated heterocycles. The van der Waals surface area contributed by atoms with Crippen molar-refractivity contribution in [2.24, 2.45) is 0 Å². The molecule has 8 heteroatoms. The Hall–Kier alpha value is -1.48. The number of thiophene rings is 2. The molecule has 1 fully saturated rings. The van der Waals surface area contributed by atoms with Gasteiger partial charge in [-0.25, -0.2) is 8.42 Å². The summed E-state index contributed by atoms with van der Waals surface area (Å²) < 4.78 is 26.7. The van der Waals surface area contributed by atoms with Gasteiger partial charge in [0.1, 0.15) is 4.21 Å². The second-order valence-corrected chi connectivity index (χ2v) is 9.10. The van der Waals surface area contributed by atoms with E-state index in [4.69, 9.17) is 0 Å². The number of amides is 1. The maximum Gasteiger partial charge on any atom is 0.252 e. The zero-order valence-corrected chi connectivity index (χ0v) is 14.7. The molecule has 0 unspecified atom stereocenters. The molecule has 5 nitrogen and oxygen atoms in total. The maximum absolute atomic E-state index is 12.4. The Bertz CT molecular complexity index is 772. The van der Waals surface area contributed by atoms with E-state index >= 15 is 0 Å². The molecule has 1 aliphatic heterocycles. The van der Waals surface area contributed by atoms with Crippen LogP contribution in [-0.2, 0) is 14.8 Å². The molecule has 0 aromatic carbocycles. The summed E-state index contributed by atoms with van der Waals surface area (Å²) in [7, 11) is -3.42. The van der Waals surface area contributed by atoms with Crippen molar-refractivity contribution < 1.29 is 13.2 Å². The SMILES string of the molecule is O=C(C=Cc1cccs1)N1CCN(S(=O)(=O)c2cccs2)CC1. The number of piperazine rings is 1. The summed E-state index contributed by atoms with van der Waals surface area (Å²) in [6.07, 6.45) is 3.34. The molecule has 0 atom stereocenters. The first-order chi connectivity index (χ1) is 11.1. The monoisotopic (exact) mass is 368 g/mol. The number of carbonyl (C=O) groups is 1. The summed E-state index contributed by atoms with van der Waals surface area (Å²) in [5.41, 5.74) is 0. The van der Waals surface area contributed by atoms with Crippen LogP contribution >= 0.6 is 22.7 Å². The Kier molecular flexibility index (Phi) is 4.96. The molecular formula is C15H16N2O3S3. The molecule has 2 aromatic heterocycles. The fourth-order valence-electron chi connectivity index (χ4n) is 2.33. The van der Waals surface area contributed by atoms with E-state index in [2.05, 4.69) is 0 Å². The van der Waals surface area contributed by atoms with Crippen LogP contribution in [-0.4, -0.2) is 49.7 Å². The summed E-state index contributed by atoms with van der Waals surface area (Å²) in [5.74, 6) is -0.0772. The minimum Gasteiger partial charge on any atom is -0.337 e. The van der Waals surface area contributed by atoms with Gasteiger partial charge in [-0.3, -0.25) is 4.79 Å². The molecule has 2 aromatic rings. The third-order valence-electron chi connectivity index (χ3n) is 3.57. The maximum atomic E-state index is 12.4. The van der Waals surface area contributed by atoms with E-state index in [1.165, 1.54) is 15.6 Å². The molecule has 0 radical (unpaired) electrons. The fraction of sp³-hybridized carbons (Fsp3) is 0.267. The standard InChI is InChI=1S/C15H16N2O3S3/c18-14(6-5-13-3-1-11-21-13)16-7-9-17(10-8-16)23(19,20)15-4-2-12-22-15/h1-6,11-12H,7-10H2. The molecule has 3 heterocycles. The van der Waals surface area contributed by atoms with Gasteiger partial charge in [-0.05, 0) is 29.0 Å². The second-order valence-electron chi connectivity index (χ2n) is 5.01. The zero-order valence-electron chi connectivity index (χ0n) is 12.3. The highest BCUT2D eigenvalue weighted by atomic mass is 32.2. The van der Waals surface area contributed by atoms with Gasteiger partial charge in [0.2, 0.25) is 5.91 Å². The van der Waals surface area contributed by atoms with Gasteiger partial charge in [0.25, 0.3) is 10.0 Å². The molecule has 1 amide bonds. The lowest BCUT2D eigenvalue weighted by atomic mass is 10.3. The van der Waals surface area contributed by atoms with Gasteiger partial charge < -0.3 is 4.90 Å².